The van der Waals surface area contributed by atoms with E-state index in [2.05, 4.69) is 154 Å². The molecule has 0 radical (unpaired) electrons. The molecule has 1 heterocycles. The molecule has 0 aromatic rings. The molecule has 2 N–H and O–H groups in total. The zero-order valence-corrected chi connectivity index (χ0v) is 36.2. The number of aliphatic hydroxyl groups is 1. The molecule has 1 fully saturated rings. The molecule has 7 nitrogen and oxygen atoms in total. The van der Waals surface area contributed by atoms with Gasteiger partial charge in [0.2, 0.25) is 0 Å². The average Bonchev–Trinajstić information content (AvgIpc) is 3.57. The minimum atomic E-state index is -0.820. The summed E-state index contributed by atoms with van der Waals surface area (Å²) in [5.74, 6) is 59.4. The number of unbranched alkanes of at least 4 members (excludes halogenated alkanes) is 11. The molecule has 0 aromatic carbocycles. The molecule has 0 spiro atoms. The quantitative estimate of drug-likeness (QED) is 0.104. The Morgan fingerprint density at radius 3 is 1.48 bits per heavy atom. The number of aliphatic hydroxyl groups excluding tert-OH is 1. The number of rotatable bonds is 22. The van der Waals surface area contributed by atoms with Crippen molar-refractivity contribution in [1.29, 1.82) is 0 Å². The highest BCUT2D eigenvalue weighted by Crippen LogP contribution is 2.23. The van der Waals surface area contributed by atoms with Crippen molar-refractivity contribution in [3.05, 3.63) is 0 Å². The van der Waals surface area contributed by atoms with Crippen LogP contribution in [-0.4, -0.2) is 67.1 Å². The van der Waals surface area contributed by atoms with E-state index in [1.807, 2.05) is 27.7 Å². The molecule has 1 aliphatic heterocycles. The van der Waals surface area contributed by atoms with Gasteiger partial charge in [0.05, 0.1) is 38.1 Å². The van der Waals surface area contributed by atoms with E-state index in [9.17, 15) is 9.90 Å². The van der Waals surface area contributed by atoms with Crippen molar-refractivity contribution in [3.63, 3.8) is 0 Å². The van der Waals surface area contributed by atoms with Crippen LogP contribution in [-0.2, 0) is 23.7 Å². The van der Waals surface area contributed by atoms with Gasteiger partial charge in [-0.2, -0.15) is 0 Å². The van der Waals surface area contributed by atoms with E-state index in [0.29, 0.717) is 13.0 Å². The number of hydrogen-bond acceptors (Lipinski definition) is 6. The SMILES string of the molecule is CC#CC#CC#CC#CC#CC#CC#CC#CC#CC#CC#CC#CC(=O)N[C@@H](COC[C@H]1COC(C)(C)O1)[C@H](OC(C)C)[C@H](O)CCCCCCCCCCCCCC. The molecule has 0 bridgehead atoms. The Hall–Kier alpha value is -6.01. The molecule has 0 aromatic heterocycles. The lowest BCUT2D eigenvalue weighted by molar-refractivity contribution is -0.147. The van der Waals surface area contributed by atoms with Crippen LogP contribution in [0.2, 0.25) is 0 Å². The largest absolute Gasteiger partial charge is 0.390 e. The Morgan fingerprint density at radius 2 is 1.08 bits per heavy atom. The van der Waals surface area contributed by atoms with Gasteiger partial charge in [-0.05, 0) is 136 Å². The first-order chi connectivity index (χ1) is 29.2. The second-order valence-electron chi connectivity index (χ2n) is 14.1. The van der Waals surface area contributed by atoms with Gasteiger partial charge >= 0.3 is 0 Å². The second-order valence-corrected chi connectivity index (χ2v) is 14.1. The number of ether oxygens (including phenoxy) is 4. The summed E-state index contributed by atoms with van der Waals surface area (Å²) in [6, 6.07) is -0.685. The zero-order valence-electron chi connectivity index (χ0n) is 36.2. The van der Waals surface area contributed by atoms with Crippen molar-refractivity contribution in [2.45, 2.75) is 161 Å². The van der Waals surface area contributed by atoms with Gasteiger partial charge in [-0.15, -0.1) is 0 Å². The lowest BCUT2D eigenvalue weighted by Crippen LogP contribution is -2.53. The summed E-state index contributed by atoms with van der Waals surface area (Å²) in [4.78, 5) is 13.0. The Balaban J connectivity index is 2.76. The molecule has 310 valence electrons. The highest BCUT2D eigenvalue weighted by molar-refractivity contribution is 5.94. The molecule has 0 saturated carbocycles. The fourth-order valence-electron chi connectivity index (χ4n) is 5.50. The van der Waals surface area contributed by atoms with Crippen molar-refractivity contribution in [1.82, 2.24) is 5.32 Å². The van der Waals surface area contributed by atoms with Crippen LogP contribution in [0.1, 0.15) is 125 Å². The third-order valence-electron chi connectivity index (χ3n) is 8.16. The van der Waals surface area contributed by atoms with E-state index >= 15 is 0 Å². The summed E-state index contributed by atoms with van der Waals surface area (Å²) in [7, 11) is 0. The minimum absolute atomic E-state index is 0.0760. The normalized spacial score (nSPS) is 13.6. The topological polar surface area (TPSA) is 86.3 Å². The average molecular weight is 804 g/mol. The van der Waals surface area contributed by atoms with Crippen LogP contribution < -0.4 is 5.32 Å². The van der Waals surface area contributed by atoms with E-state index in [0.717, 1.165) is 19.3 Å². The van der Waals surface area contributed by atoms with Crippen LogP contribution in [0.25, 0.3) is 0 Å². The first kappa shape index (κ1) is 52.0. The molecule has 1 saturated heterocycles. The van der Waals surface area contributed by atoms with E-state index < -0.39 is 29.9 Å². The number of hydrogen-bond donors (Lipinski definition) is 2. The minimum Gasteiger partial charge on any atom is -0.390 e. The highest BCUT2D eigenvalue weighted by atomic mass is 16.7. The van der Waals surface area contributed by atoms with Crippen LogP contribution in [0.4, 0.5) is 0 Å². The molecule has 0 aliphatic carbocycles. The van der Waals surface area contributed by atoms with Gasteiger partial charge in [0.1, 0.15) is 12.2 Å². The molecule has 60 heavy (non-hydrogen) atoms. The van der Waals surface area contributed by atoms with E-state index in [4.69, 9.17) is 18.9 Å². The Labute approximate surface area is 362 Å². The van der Waals surface area contributed by atoms with Gasteiger partial charge in [0, 0.05) is 41.4 Å². The maximum atomic E-state index is 13.0. The number of nitrogens with one attached hydrogen (secondary N) is 1. The summed E-state index contributed by atoms with van der Waals surface area (Å²) in [6.07, 6.45) is 13.3. The fraction of sp³-hybridized carbons (Fsp3) is 0.528. The van der Waals surface area contributed by atoms with Crippen LogP contribution in [0.3, 0.4) is 0 Å². The first-order valence-electron chi connectivity index (χ1n) is 20.6. The number of carbonyl (C=O) groups excluding carboxylic acids is 1. The van der Waals surface area contributed by atoms with Gasteiger partial charge in [0.15, 0.2) is 5.79 Å². The molecule has 7 heteroatoms. The predicted molar refractivity (Wildman–Crippen MR) is 238 cm³/mol. The van der Waals surface area contributed by atoms with Crippen molar-refractivity contribution in [2.75, 3.05) is 19.8 Å². The fourth-order valence-corrected chi connectivity index (χ4v) is 5.50. The second kappa shape index (κ2) is 36.1. The van der Waals surface area contributed by atoms with Gasteiger partial charge in [0.25, 0.3) is 5.91 Å². The number of amides is 1. The molecule has 1 aliphatic rings. The van der Waals surface area contributed by atoms with Crippen molar-refractivity contribution >= 4 is 5.91 Å². The maximum Gasteiger partial charge on any atom is 0.297 e. The monoisotopic (exact) mass is 803 g/mol. The molecular formula is C53H57NO6. The van der Waals surface area contributed by atoms with Crippen LogP contribution in [0.5, 0.6) is 0 Å². The highest BCUT2D eigenvalue weighted by Gasteiger charge is 2.34. The van der Waals surface area contributed by atoms with E-state index in [-0.39, 0.29) is 25.4 Å². The smallest absolute Gasteiger partial charge is 0.297 e. The van der Waals surface area contributed by atoms with E-state index in [1.54, 1.807) is 6.92 Å². The lowest BCUT2D eigenvalue weighted by atomic mass is 9.98. The molecule has 1 rings (SSSR count). The Morgan fingerprint density at radius 1 is 0.667 bits per heavy atom. The van der Waals surface area contributed by atoms with Gasteiger partial charge in [-0.1, -0.05) is 89.9 Å². The third-order valence-corrected chi connectivity index (χ3v) is 8.16. The standard InChI is InChI=1S/C53H57NO6/c1-7-9-11-13-15-17-19-21-22-23-24-25-26-27-28-29-30-31-33-35-37-39-41-43-51(56)54-49(46-57-44-48-45-58-53(5,6)60-48)52(59-47(3)4)50(55)42-40-38-36-34-32-20-18-16-14-12-10-8-2/h47-50,52,55H,8,10,12,14,16,18,20,32,34,36,38,40,42,44-46H2,1-6H3,(H,54,56)/t48-,49-,50+,52-/m0/s1. The lowest BCUT2D eigenvalue weighted by Gasteiger charge is -2.33. The Kier molecular flexibility index (Phi) is 31.3. The Bertz CT molecular complexity index is 2130. The van der Waals surface area contributed by atoms with Crippen LogP contribution in [0.15, 0.2) is 0 Å². The zero-order chi connectivity index (χ0) is 43.8. The van der Waals surface area contributed by atoms with Crippen molar-refractivity contribution in [3.8, 4) is 142 Å². The van der Waals surface area contributed by atoms with Gasteiger partial charge in [-0.3, -0.25) is 4.79 Å². The summed E-state index contributed by atoms with van der Waals surface area (Å²) in [5, 5.41) is 14.2. The summed E-state index contributed by atoms with van der Waals surface area (Å²) >= 11 is 0. The van der Waals surface area contributed by atoms with Gasteiger partial charge in [-0.25, -0.2) is 0 Å². The van der Waals surface area contributed by atoms with Gasteiger partial charge < -0.3 is 29.4 Å². The third kappa shape index (κ3) is 31.0. The molecule has 1 amide bonds. The summed E-state index contributed by atoms with van der Waals surface area (Å²) in [5.41, 5.74) is 0. The maximum absolute atomic E-state index is 13.0. The van der Waals surface area contributed by atoms with Crippen molar-refractivity contribution < 1.29 is 28.8 Å². The summed E-state index contributed by atoms with van der Waals surface area (Å²) in [6.45, 7) is 12.1. The van der Waals surface area contributed by atoms with Crippen LogP contribution >= 0.6 is 0 Å². The first-order valence-corrected chi connectivity index (χ1v) is 20.6. The molecule has 0 unspecified atom stereocenters. The van der Waals surface area contributed by atoms with Crippen LogP contribution in [0, 0.1) is 142 Å². The summed E-state index contributed by atoms with van der Waals surface area (Å²) < 4.78 is 23.7. The number of carbonyl (C=O) groups is 1. The van der Waals surface area contributed by atoms with Crippen molar-refractivity contribution in [2.24, 2.45) is 0 Å². The molecular weight excluding hydrogens is 747 g/mol. The predicted octanol–water partition coefficient (Wildman–Crippen LogP) is 5.95. The molecule has 4 atom stereocenters. The van der Waals surface area contributed by atoms with E-state index in [1.165, 1.54) is 57.8 Å².